The number of carbonyl (C=O) groups excluding carboxylic acids is 1. The first-order valence-corrected chi connectivity index (χ1v) is 10.7. The number of para-hydroxylation sites is 1. The van der Waals surface area contributed by atoms with Crippen molar-refractivity contribution in [1.29, 1.82) is 10.5 Å². The smallest absolute Gasteiger partial charge is 0.258 e. The van der Waals surface area contributed by atoms with Gasteiger partial charge in [-0.3, -0.25) is 4.79 Å². The van der Waals surface area contributed by atoms with Gasteiger partial charge in [-0.2, -0.15) is 10.5 Å². The van der Waals surface area contributed by atoms with Gasteiger partial charge in [-0.15, -0.1) is 0 Å². The van der Waals surface area contributed by atoms with E-state index in [1.807, 2.05) is 54.3 Å². The summed E-state index contributed by atoms with van der Waals surface area (Å²) in [6.07, 6.45) is 2.26. The Morgan fingerprint density at radius 1 is 1.03 bits per heavy atom. The lowest BCUT2D eigenvalue weighted by Crippen LogP contribution is -2.50. The molecule has 0 fully saturated rings. The molecule has 0 aromatic heterocycles. The zero-order valence-electron chi connectivity index (χ0n) is 17.7. The number of hydrogen-bond acceptors (Lipinski definition) is 4. The molecule has 1 atom stereocenters. The van der Waals surface area contributed by atoms with Crippen molar-refractivity contribution in [2.75, 3.05) is 11.5 Å². The average molecular weight is 412 g/mol. The zero-order valence-corrected chi connectivity index (χ0v) is 17.7. The van der Waals surface area contributed by atoms with Gasteiger partial charge >= 0.3 is 0 Å². The Labute approximate surface area is 183 Å². The number of nitriles is 2. The van der Waals surface area contributed by atoms with Gasteiger partial charge in [0.2, 0.25) is 0 Å². The molecule has 2 aliphatic rings. The summed E-state index contributed by atoms with van der Waals surface area (Å²) in [4.78, 5) is 15.6. The molecule has 0 saturated heterocycles. The van der Waals surface area contributed by atoms with Crippen molar-refractivity contribution in [2.45, 2.75) is 45.1 Å². The number of hydrogen-bond donors (Lipinski definition) is 0. The second kappa shape index (κ2) is 8.66. The van der Waals surface area contributed by atoms with Crippen molar-refractivity contribution in [3.05, 3.63) is 77.1 Å². The van der Waals surface area contributed by atoms with Gasteiger partial charge in [-0.05, 0) is 37.5 Å². The van der Waals surface area contributed by atoms with Crippen molar-refractivity contribution in [1.82, 2.24) is 0 Å². The highest BCUT2D eigenvalue weighted by molar-refractivity contribution is 6.08. The Morgan fingerprint density at radius 2 is 1.68 bits per heavy atom. The second-order valence-electron chi connectivity index (χ2n) is 8.20. The van der Waals surface area contributed by atoms with Gasteiger partial charge in [0.25, 0.3) is 5.91 Å². The van der Waals surface area contributed by atoms with E-state index < -0.39 is 5.41 Å². The number of aryl methyl sites for hydroxylation is 1. The number of ether oxygens (including phenoxy) is 1. The van der Waals surface area contributed by atoms with E-state index in [-0.39, 0.29) is 11.9 Å². The second-order valence-corrected chi connectivity index (χ2v) is 8.20. The molecule has 4 rings (SSSR count). The van der Waals surface area contributed by atoms with E-state index >= 15 is 0 Å². The van der Waals surface area contributed by atoms with Crippen LogP contribution in [0.3, 0.4) is 0 Å². The van der Waals surface area contributed by atoms with Crippen LogP contribution in [-0.2, 0) is 9.53 Å². The third-order valence-corrected chi connectivity index (χ3v) is 6.38. The summed E-state index contributed by atoms with van der Waals surface area (Å²) in [7, 11) is 0. The number of benzene rings is 2. The molecule has 0 aliphatic carbocycles. The summed E-state index contributed by atoms with van der Waals surface area (Å²) in [5.74, 6) is 0.648. The SMILES string of the molecule is Cc1ccc(C2N(c3ccccc3)C(=O)C3=C(OCC3)C2(CCC#N)CCC#N)cc1. The van der Waals surface area contributed by atoms with Gasteiger partial charge in [-0.25, -0.2) is 0 Å². The van der Waals surface area contributed by atoms with Gasteiger partial charge < -0.3 is 9.64 Å². The molecule has 1 unspecified atom stereocenters. The van der Waals surface area contributed by atoms with Crippen molar-refractivity contribution in [3.8, 4) is 12.1 Å². The van der Waals surface area contributed by atoms with E-state index in [4.69, 9.17) is 4.74 Å². The lowest BCUT2D eigenvalue weighted by Gasteiger charge is -2.49. The van der Waals surface area contributed by atoms with Crippen molar-refractivity contribution in [2.24, 2.45) is 5.41 Å². The van der Waals surface area contributed by atoms with Crippen LogP contribution in [0, 0.1) is 35.0 Å². The van der Waals surface area contributed by atoms with Gasteiger partial charge in [0.05, 0.1) is 35.8 Å². The lowest BCUT2D eigenvalue weighted by molar-refractivity contribution is -0.117. The standard InChI is InChI=1S/C26H25N3O2/c1-19-9-11-20(12-10-19)23-26(14-5-16-27,15-6-17-28)24-22(13-18-31-24)25(30)29(23)21-7-3-2-4-8-21/h2-4,7-12,23H,5-6,13-15,18H2,1H3. The summed E-state index contributed by atoms with van der Waals surface area (Å²) < 4.78 is 6.11. The van der Waals surface area contributed by atoms with Crippen LogP contribution in [0.5, 0.6) is 0 Å². The highest BCUT2D eigenvalue weighted by Crippen LogP contribution is 2.57. The monoisotopic (exact) mass is 411 g/mol. The summed E-state index contributed by atoms with van der Waals surface area (Å²) in [5, 5.41) is 18.9. The van der Waals surface area contributed by atoms with Gasteiger partial charge in [-0.1, -0.05) is 48.0 Å². The highest BCUT2D eigenvalue weighted by atomic mass is 16.5. The number of nitrogens with zero attached hydrogens (tertiary/aromatic N) is 3. The van der Waals surface area contributed by atoms with Crippen molar-refractivity contribution >= 4 is 11.6 Å². The Hall–Kier alpha value is -3.57. The van der Waals surface area contributed by atoms with Crippen LogP contribution in [0.1, 0.15) is 49.3 Å². The molecule has 5 nitrogen and oxygen atoms in total. The first-order valence-electron chi connectivity index (χ1n) is 10.7. The van der Waals surface area contributed by atoms with Crippen LogP contribution < -0.4 is 4.90 Å². The van der Waals surface area contributed by atoms with Gasteiger partial charge in [0.1, 0.15) is 5.76 Å². The fourth-order valence-corrected chi connectivity index (χ4v) is 4.99. The molecule has 2 heterocycles. The summed E-state index contributed by atoms with van der Waals surface area (Å²) in [5.41, 5.74) is 2.99. The Morgan fingerprint density at radius 3 is 2.29 bits per heavy atom. The quantitative estimate of drug-likeness (QED) is 0.642. The Kier molecular flexibility index (Phi) is 5.78. The minimum Gasteiger partial charge on any atom is -0.496 e. The molecule has 0 radical (unpaired) electrons. The van der Waals surface area contributed by atoms with E-state index in [9.17, 15) is 15.3 Å². The molecular formula is C26H25N3O2. The summed E-state index contributed by atoms with van der Waals surface area (Å²) >= 11 is 0. The summed E-state index contributed by atoms with van der Waals surface area (Å²) in [6, 6.07) is 22.1. The largest absolute Gasteiger partial charge is 0.496 e. The number of amides is 1. The molecule has 2 aromatic carbocycles. The zero-order chi connectivity index (χ0) is 21.8. The predicted molar refractivity (Wildman–Crippen MR) is 118 cm³/mol. The van der Waals surface area contributed by atoms with E-state index in [1.165, 1.54) is 0 Å². The fraction of sp³-hybridized carbons (Fsp3) is 0.346. The maximum atomic E-state index is 13.8. The molecule has 5 heteroatoms. The van der Waals surface area contributed by atoms with Crippen molar-refractivity contribution < 1.29 is 9.53 Å². The molecule has 2 aromatic rings. The maximum absolute atomic E-state index is 13.8. The highest BCUT2D eigenvalue weighted by Gasteiger charge is 2.55. The molecular weight excluding hydrogens is 386 g/mol. The van der Waals surface area contributed by atoms with Crippen LogP contribution in [0.25, 0.3) is 0 Å². The van der Waals surface area contributed by atoms with Gasteiger partial charge in [0, 0.05) is 24.9 Å². The maximum Gasteiger partial charge on any atom is 0.258 e. The molecule has 156 valence electrons. The molecule has 1 amide bonds. The number of anilines is 1. The van der Waals surface area contributed by atoms with E-state index in [2.05, 4.69) is 24.3 Å². The van der Waals surface area contributed by atoms with Crippen molar-refractivity contribution in [3.63, 3.8) is 0 Å². The first kappa shape index (κ1) is 20.7. The lowest BCUT2D eigenvalue weighted by atomic mass is 9.65. The molecule has 0 saturated carbocycles. The minimum atomic E-state index is -0.629. The predicted octanol–water partition coefficient (Wildman–Crippen LogP) is 5.35. The van der Waals surface area contributed by atoms with E-state index in [1.54, 1.807) is 0 Å². The minimum absolute atomic E-state index is 0.0474. The molecule has 0 N–H and O–H groups in total. The molecule has 31 heavy (non-hydrogen) atoms. The summed E-state index contributed by atoms with van der Waals surface area (Å²) in [6.45, 7) is 2.49. The van der Waals surface area contributed by atoms with Crippen LogP contribution in [0.4, 0.5) is 5.69 Å². The average Bonchev–Trinajstić information content (AvgIpc) is 3.30. The third kappa shape index (κ3) is 3.57. The first-order chi connectivity index (χ1) is 15.1. The van der Waals surface area contributed by atoms with Crippen LogP contribution in [-0.4, -0.2) is 12.5 Å². The van der Waals surface area contributed by atoms with E-state index in [0.717, 1.165) is 16.8 Å². The molecule has 0 bridgehead atoms. The number of carbonyl (C=O) groups is 1. The van der Waals surface area contributed by atoms with Gasteiger partial charge in [0.15, 0.2) is 0 Å². The van der Waals surface area contributed by atoms with E-state index in [0.29, 0.717) is 50.0 Å². The molecule has 0 spiro atoms. The fourth-order valence-electron chi connectivity index (χ4n) is 4.99. The van der Waals surface area contributed by atoms with Crippen LogP contribution in [0.2, 0.25) is 0 Å². The number of rotatable bonds is 6. The normalized spacial score (nSPS) is 19.4. The van der Waals surface area contributed by atoms with Crippen LogP contribution in [0.15, 0.2) is 65.9 Å². The molecule has 2 aliphatic heterocycles. The Bertz CT molecular complexity index is 1060. The third-order valence-electron chi connectivity index (χ3n) is 6.38. The Balaban J connectivity index is 1.99. The van der Waals surface area contributed by atoms with Crippen LogP contribution >= 0.6 is 0 Å². The topological polar surface area (TPSA) is 77.1 Å².